The number of nitrogens with one attached hydrogen (secondary N) is 1. The van der Waals surface area contributed by atoms with Crippen molar-refractivity contribution in [1.29, 1.82) is 0 Å². The van der Waals surface area contributed by atoms with Gasteiger partial charge in [-0.25, -0.2) is 4.79 Å². The highest BCUT2D eigenvalue weighted by atomic mass is 32.1. The molecule has 0 fully saturated rings. The third-order valence-corrected chi connectivity index (χ3v) is 3.41. The molecule has 0 saturated heterocycles. The maximum Gasteiger partial charge on any atom is 0.397 e. The largest absolute Gasteiger partial charge is 0.459 e. The van der Waals surface area contributed by atoms with Crippen LogP contribution in [0.2, 0.25) is 0 Å². The molecule has 0 unspecified atom stereocenters. The van der Waals surface area contributed by atoms with Crippen LogP contribution in [-0.4, -0.2) is 18.5 Å². The lowest BCUT2D eigenvalue weighted by Crippen LogP contribution is -2.24. The lowest BCUT2D eigenvalue weighted by molar-refractivity contribution is -0.152. The minimum atomic E-state index is -0.864. The summed E-state index contributed by atoms with van der Waals surface area (Å²) in [6.45, 7) is 1.84. The van der Waals surface area contributed by atoms with Crippen LogP contribution in [-0.2, 0) is 14.3 Å². The SMILES string of the molecule is CCOC(=O)C(=O)Nc1ccc(-c2ccccc2)s1. The molecule has 1 aromatic carbocycles. The number of hydrogen-bond donors (Lipinski definition) is 1. The molecule has 1 N–H and O–H groups in total. The highest BCUT2D eigenvalue weighted by Crippen LogP contribution is 2.30. The molecular weight excluding hydrogens is 262 g/mol. The van der Waals surface area contributed by atoms with Gasteiger partial charge in [0.2, 0.25) is 0 Å². The predicted octanol–water partition coefficient (Wildman–Crippen LogP) is 2.92. The van der Waals surface area contributed by atoms with Crippen molar-refractivity contribution in [3.63, 3.8) is 0 Å². The van der Waals surface area contributed by atoms with Crippen LogP contribution in [0.3, 0.4) is 0 Å². The third-order valence-electron chi connectivity index (χ3n) is 2.36. The Morgan fingerprint density at radius 2 is 1.89 bits per heavy atom. The first-order valence-electron chi connectivity index (χ1n) is 5.84. The predicted molar refractivity (Wildman–Crippen MR) is 75.0 cm³/mol. The maximum atomic E-state index is 11.5. The molecule has 0 spiro atoms. The molecule has 0 bridgehead atoms. The van der Waals surface area contributed by atoms with Crippen molar-refractivity contribution in [3.05, 3.63) is 42.5 Å². The average molecular weight is 275 g/mol. The van der Waals surface area contributed by atoms with Gasteiger partial charge in [-0.05, 0) is 24.6 Å². The van der Waals surface area contributed by atoms with Crippen molar-refractivity contribution in [1.82, 2.24) is 0 Å². The lowest BCUT2D eigenvalue weighted by Gasteiger charge is -2.01. The zero-order valence-corrected chi connectivity index (χ0v) is 11.2. The Bertz CT molecular complexity index is 577. The van der Waals surface area contributed by atoms with Crippen molar-refractivity contribution in [3.8, 4) is 10.4 Å². The first-order chi connectivity index (χ1) is 9.20. The number of carbonyl (C=O) groups excluding carboxylic acids is 2. The number of benzene rings is 1. The molecule has 5 heteroatoms. The summed E-state index contributed by atoms with van der Waals surface area (Å²) in [7, 11) is 0. The molecule has 98 valence electrons. The molecule has 0 saturated carbocycles. The van der Waals surface area contributed by atoms with E-state index in [0.717, 1.165) is 10.4 Å². The van der Waals surface area contributed by atoms with E-state index < -0.39 is 11.9 Å². The van der Waals surface area contributed by atoms with E-state index in [2.05, 4.69) is 10.1 Å². The molecule has 0 atom stereocenters. The van der Waals surface area contributed by atoms with Gasteiger partial charge in [0.05, 0.1) is 11.6 Å². The summed E-state index contributed by atoms with van der Waals surface area (Å²) >= 11 is 1.41. The molecule has 0 radical (unpaired) electrons. The minimum absolute atomic E-state index is 0.186. The second-order valence-corrected chi connectivity index (χ2v) is 4.79. The minimum Gasteiger partial charge on any atom is -0.459 e. The second kappa shape index (κ2) is 6.15. The average Bonchev–Trinajstić information content (AvgIpc) is 2.88. The molecule has 0 aliphatic carbocycles. The molecule has 1 amide bonds. The van der Waals surface area contributed by atoms with E-state index in [4.69, 9.17) is 0 Å². The summed E-state index contributed by atoms with van der Waals surface area (Å²) < 4.78 is 4.62. The monoisotopic (exact) mass is 275 g/mol. The third kappa shape index (κ3) is 3.42. The highest BCUT2D eigenvalue weighted by molar-refractivity contribution is 7.19. The van der Waals surface area contributed by atoms with Gasteiger partial charge in [-0.1, -0.05) is 30.3 Å². The van der Waals surface area contributed by atoms with Crippen molar-refractivity contribution in [2.45, 2.75) is 6.92 Å². The summed E-state index contributed by atoms with van der Waals surface area (Å²) in [5.74, 6) is -1.61. The fraction of sp³-hybridized carbons (Fsp3) is 0.143. The van der Waals surface area contributed by atoms with Crippen molar-refractivity contribution < 1.29 is 14.3 Å². The van der Waals surface area contributed by atoms with E-state index >= 15 is 0 Å². The van der Waals surface area contributed by atoms with Gasteiger partial charge < -0.3 is 10.1 Å². The highest BCUT2D eigenvalue weighted by Gasteiger charge is 2.15. The van der Waals surface area contributed by atoms with E-state index in [0.29, 0.717) is 5.00 Å². The molecule has 1 heterocycles. The van der Waals surface area contributed by atoms with Gasteiger partial charge in [-0.2, -0.15) is 0 Å². The summed E-state index contributed by atoms with van der Waals surface area (Å²) in [6.07, 6.45) is 0. The van der Waals surface area contributed by atoms with Crippen molar-refractivity contribution in [2.24, 2.45) is 0 Å². The number of ether oxygens (including phenoxy) is 1. The molecule has 1 aromatic heterocycles. The number of carbonyl (C=O) groups is 2. The van der Waals surface area contributed by atoms with Crippen LogP contribution in [0.15, 0.2) is 42.5 Å². The van der Waals surface area contributed by atoms with Crippen LogP contribution in [0.5, 0.6) is 0 Å². The molecular formula is C14H13NO3S. The van der Waals surface area contributed by atoms with E-state index in [1.54, 1.807) is 13.0 Å². The zero-order chi connectivity index (χ0) is 13.7. The van der Waals surface area contributed by atoms with Gasteiger partial charge in [0.15, 0.2) is 0 Å². The number of rotatable bonds is 3. The fourth-order valence-corrected chi connectivity index (χ4v) is 2.43. The molecule has 4 nitrogen and oxygen atoms in total. The molecule has 2 aromatic rings. The Balaban J connectivity index is 2.06. The van der Waals surface area contributed by atoms with Crippen LogP contribution >= 0.6 is 11.3 Å². The van der Waals surface area contributed by atoms with Crippen LogP contribution in [0, 0.1) is 0 Å². The van der Waals surface area contributed by atoms with Gasteiger partial charge in [0.25, 0.3) is 0 Å². The summed E-state index contributed by atoms with van der Waals surface area (Å²) in [6, 6.07) is 13.5. The van der Waals surface area contributed by atoms with Crippen LogP contribution in [0.1, 0.15) is 6.92 Å². The lowest BCUT2D eigenvalue weighted by atomic mass is 10.2. The van der Waals surface area contributed by atoms with E-state index in [1.807, 2.05) is 36.4 Å². The molecule has 0 aliphatic rings. The number of thiophene rings is 1. The Kier molecular flexibility index (Phi) is 4.30. The Labute approximate surface area is 115 Å². The quantitative estimate of drug-likeness (QED) is 0.692. The van der Waals surface area contributed by atoms with Gasteiger partial charge in [-0.3, -0.25) is 4.79 Å². The van der Waals surface area contributed by atoms with Gasteiger partial charge in [0, 0.05) is 4.88 Å². The smallest absolute Gasteiger partial charge is 0.397 e. The van der Waals surface area contributed by atoms with Crippen LogP contribution in [0.25, 0.3) is 10.4 Å². The Hall–Kier alpha value is -2.14. The first-order valence-corrected chi connectivity index (χ1v) is 6.65. The zero-order valence-electron chi connectivity index (χ0n) is 10.4. The summed E-state index contributed by atoms with van der Waals surface area (Å²) in [4.78, 5) is 23.7. The molecule has 0 aliphatic heterocycles. The molecule has 2 rings (SSSR count). The summed E-state index contributed by atoms with van der Waals surface area (Å²) in [5, 5.41) is 3.14. The standard InChI is InChI=1S/C14H13NO3S/c1-2-18-14(17)13(16)15-12-9-8-11(19-12)10-6-4-3-5-7-10/h3-9H,2H2,1H3,(H,15,16). The second-order valence-electron chi connectivity index (χ2n) is 3.70. The topological polar surface area (TPSA) is 55.4 Å². The summed E-state index contributed by atoms with van der Waals surface area (Å²) in [5.41, 5.74) is 1.07. The molecule has 19 heavy (non-hydrogen) atoms. The normalized spacial score (nSPS) is 9.95. The van der Waals surface area contributed by atoms with Crippen LogP contribution in [0.4, 0.5) is 5.00 Å². The maximum absolute atomic E-state index is 11.5. The Morgan fingerprint density at radius 3 is 2.58 bits per heavy atom. The number of anilines is 1. The first kappa shape index (κ1) is 13.3. The van der Waals surface area contributed by atoms with E-state index in [-0.39, 0.29) is 6.61 Å². The van der Waals surface area contributed by atoms with E-state index in [9.17, 15) is 9.59 Å². The van der Waals surface area contributed by atoms with Crippen molar-refractivity contribution >= 4 is 28.2 Å². The number of hydrogen-bond acceptors (Lipinski definition) is 4. The fourth-order valence-electron chi connectivity index (χ4n) is 1.52. The number of amides is 1. The van der Waals surface area contributed by atoms with Gasteiger partial charge in [-0.15, -0.1) is 11.3 Å². The van der Waals surface area contributed by atoms with Gasteiger partial charge >= 0.3 is 11.9 Å². The van der Waals surface area contributed by atoms with Gasteiger partial charge in [0.1, 0.15) is 0 Å². The Morgan fingerprint density at radius 1 is 1.16 bits per heavy atom. The van der Waals surface area contributed by atoms with E-state index in [1.165, 1.54) is 11.3 Å². The number of esters is 1. The van der Waals surface area contributed by atoms with Crippen molar-refractivity contribution in [2.75, 3.05) is 11.9 Å². The van der Waals surface area contributed by atoms with Crippen LogP contribution < -0.4 is 5.32 Å².